The molecule has 0 saturated carbocycles. The van der Waals surface area contributed by atoms with Crippen LogP contribution in [0.5, 0.6) is 5.75 Å². The van der Waals surface area contributed by atoms with Crippen LogP contribution in [-0.2, 0) is 0 Å². The third kappa shape index (κ3) is 3.25. The summed E-state index contributed by atoms with van der Waals surface area (Å²) in [5.74, 6) is -0.265. The molecule has 0 spiro atoms. The van der Waals surface area contributed by atoms with Crippen molar-refractivity contribution < 1.29 is 17.9 Å². The molecule has 1 atom stereocenters. The van der Waals surface area contributed by atoms with Crippen LogP contribution in [0, 0.1) is 0 Å². The molecule has 4 nitrogen and oxygen atoms in total. The van der Waals surface area contributed by atoms with Gasteiger partial charge in [0.05, 0.1) is 18.2 Å². The van der Waals surface area contributed by atoms with Gasteiger partial charge in [-0.3, -0.25) is 0 Å². The summed E-state index contributed by atoms with van der Waals surface area (Å²) < 4.78 is 41.6. The lowest BCUT2D eigenvalue weighted by atomic mass is 10.2. The van der Waals surface area contributed by atoms with Gasteiger partial charge in [0.25, 0.3) is 0 Å². The number of rotatable bonds is 3. The van der Waals surface area contributed by atoms with Crippen LogP contribution in [0.4, 0.5) is 13.2 Å². The maximum atomic E-state index is 12.0. The number of aromatic nitrogens is 2. The van der Waals surface area contributed by atoms with Gasteiger partial charge in [-0.05, 0) is 31.2 Å². The van der Waals surface area contributed by atoms with Crippen LogP contribution in [0.25, 0.3) is 5.69 Å². The molecule has 1 aromatic carbocycles. The number of hydrogen-bond acceptors (Lipinski definition) is 3. The van der Waals surface area contributed by atoms with Crippen molar-refractivity contribution in [2.75, 3.05) is 0 Å². The first-order valence-corrected chi connectivity index (χ1v) is 5.51. The summed E-state index contributed by atoms with van der Waals surface area (Å²) in [6.45, 7) is 1.80. The molecule has 0 aliphatic carbocycles. The van der Waals surface area contributed by atoms with Crippen LogP contribution >= 0.6 is 0 Å². The van der Waals surface area contributed by atoms with Gasteiger partial charge in [0.2, 0.25) is 0 Å². The van der Waals surface area contributed by atoms with Gasteiger partial charge in [0, 0.05) is 11.7 Å². The first kappa shape index (κ1) is 13.4. The first-order chi connectivity index (χ1) is 8.87. The van der Waals surface area contributed by atoms with Gasteiger partial charge in [0.15, 0.2) is 0 Å². The van der Waals surface area contributed by atoms with Crippen LogP contribution in [-0.4, -0.2) is 15.9 Å². The average Bonchev–Trinajstić information content (AvgIpc) is 2.76. The molecule has 1 heterocycles. The Balaban J connectivity index is 2.25. The highest BCUT2D eigenvalue weighted by atomic mass is 19.4. The predicted molar refractivity (Wildman–Crippen MR) is 62.8 cm³/mol. The average molecular weight is 271 g/mol. The Hall–Kier alpha value is -2.02. The van der Waals surface area contributed by atoms with E-state index in [0.29, 0.717) is 5.69 Å². The Morgan fingerprint density at radius 2 is 1.89 bits per heavy atom. The lowest BCUT2D eigenvalue weighted by Crippen LogP contribution is -2.17. The van der Waals surface area contributed by atoms with Crippen molar-refractivity contribution in [2.45, 2.75) is 19.3 Å². The normalized spacial score (nSPS) is 13.3. The molecular formula is C12H12F3N3O. The molecule has 0 aliphatic rings. The Morgan fingerprint density at radius 1 is 1.26 bits per heavy atom. The minimum Gasteiger partial charge on any atom is -0.406 e. The molecule has 0 saturated heterocycles. The Labute approximate surface area is 107 Å². The van der Waals surface area contributed by atoms with Gasteiger partial charge >= 0.3 is 6.36 Å². The van der Waals surface area contributed by atoms with E-state index in [1.165, 1.54) is 24.3 Å². The lowest BCUT2D eigenvalue weighted by Gasteiger charge is -2.12. The zero-order valence-corrected chi connectivity index (χ0v) is 10.1. The summed E-state index contributed by atoms with van der Waals surface area (Å²) >= 11 is 0. The van der Waals surface area contributed by atoms with E-state index in [-0.39, 0.29) is 11.8 Å². The smallest absolute Gasteiger partial charge is 0.406 e. The third-order valence-electron chi connectivity index (χ3n) is 2.48. The van der Waals surface area contributed by atoms with Gasteiger partial charge in [-0.15, -0.1) is 13.2 Å². The van der Waals surface area contributed by atoms with Gasteiger partial charge in [-0.25, -0.2) is 4.98 Å². The van der Waals surface area contributed by atoms with E-state index in [4.69, 9.17) is 5.73 Å². The number of alkyl halides is 3. The lowest BCUT2D eigenvalue weighted by molar-refractivity contribution is -0.274. The molecule has 0 amide bonds. The monoisotopic (exact) mass is 271 g/mol. The molecule has 19 heavy (non-hydrogen) atoms. The van der Waals surface area contributed by atoms with Gasteiger partial charge in [-0.1, -0.05) is 0 Å². The molecule has 102 valence electrons. The highest BCUT2D eigenvalue weighted by molar-refractivity contribution is 5.39. The van der Waals surface area contributed by atoms with E-state index in [9.17, 15) is 13.2 Å². The van der Waals surface area contributed by atoms with Gasteiger partial charge < -0.3 is 15.0 Å². The number of hydrogen-bond donors (Lipinski definition) is 1. The van der Waals surface area contributed by atoms with Crippen molar-refractivity contribution in [1.29, 1.82) is 0 Å². The molecule has 7 heteroatoms. The molecule has 0 fully saturated rings. The summed E-state index contributed by atoms with van der Waals surface area (Å²) in [7, 11) is 0. The van der Waals surface area contributed by atoms with E-state index in [1.54, 1.807) is 24.0 Å². The molecule has 0 bridgehead atoms. The number of nitrogens with two attached hydrogens (primary N) is 1. The molecule has 0 unspecified atom stereocenters. The highest BCUT2D eigenvalue weighted by Gasteiger charge is 2.30. The molecular weight excluding hydrogens is 259 g/mol. The van der Waals surface area contributed by atoms with Crippen molar-refractivity contribution >= 4 is 0 Å². The maximum Gasteiger partial charge on any atom is 0.573 e. The van der Waals surface area contributed by atoms with Crippen molar-refractivity contribution in [3.63, 3.8) is 0 Å². The van der Waals surface area contributed by atoms with Crippen LogP contribution in [0.1, 0.15) is 18.7 Å². The summed E-state index contributed by atoms with van der Waals surface area (Å²) in [5.41, 5.74) is 7.21. The molecule has 2 rings (SSSR count). The summed E-state index contributed by atoms with van der Waals surface area (Å²) in [5, 5.41) is 0. The number of halogens is 3. The van der Waals surface area contributed by atoms with Crippen molar-refractivity contribution in [2.24, 2.45) is 5.73 Å². The van der Waals surface area contributed by atoms with Crippen molar-refractivity contribution in [1.82, 2.24) is 9.55 Å². The molecule has 2 aromatic rings. The van der Waals surface area contributed by atoms with Crippen LogP contribution < -0.4 is 10.5 Å². The van der Waals surface area contributed by atoms with E-state index in [1.807, 2.05) is 0 Å². The summed E-state index contributed by atoms with van der Waals surface area (Å²) in [6.07, 6.45) is -1.52. The number of imidazole rings is 1. The van der Waals surface area contributed by atoms with E-state index < -0.39 is 6.36 Å². The minimum atomic E-state index is -4.69. The predicted octanol–water partition coefficient (Wildman–Crippen LogP) is 2.79. The van der Waals surface area contributed by atoms with Crippen molar-refractivity contribution in [3.8, 4) is 11.4 Å². The molecule has 1 aromatic heterocycles. The zero-order chi connectivity index (χ0) is 14.0. The fourth-order valence-corrected chi connectivity index (χ4v) is 1.67. The Kier molecular flexibility index (Phi) is 3.48. The second-order valence-electron chi connectivity index (χ2n) is 4.02. The first-order valence-electron chi connectivity index (χ1n) is 5.51. The second kappa shape index (κ2) is 4.93. The SMILES string of the molecule is C[C@H](N)c1cncn1-c1ccc(OC(F)(F)F)cc1. The molecule has 2 N–H and O–H groups in total. The highest BCUT2D eigenvalue weighted by Crippen LogP contribution is 2.24. The third-order valence-corrected chi connectivity index (χ3v) is 2.48. The largest absolute Gasteiger partial charge is 0.573 e. The second-order valence-corrected chi connectivity index (χ2v) is 4.02. The zero-order valence-electron chi connectivity index (χ0n) is 10.1. The van der Waals surface area contributed by atoms with E-state index in [0.717, 1.165) is 5.69 Å². The van der Waals surface area contributed by atoms with E-state index in [2.05, 4.69) is 9.72 Å². The Morgan fingerprint density at radius 3 is 2.42 bits per heavy atom. The molecule has 0 aliphatic heterocycles. The number of nitrogens with zero attached hydrogens (tertiary/aromatic N) is 2. The number of benzene rings is 1. The quantitative estimate of drug-likeness (QED) is 0.933. The molecule has 0 radical (unpaired) electrons. The fraction of sp³-hybridized carbons (Fsp3) is 0.250. The minimum absolute atomic E-state index is 0.228. The Bertz CT molecular complexity index is 546. The van der Waals surface area contributed by atoms with Crippen LogP contribution in [0.2, 0.25) is 0 Å². The van der Waals surface area contributed by atoms with Crippen LogP contribution in [0.15, 0.2) is 36.8 Å². The van der Waals surface area contributed by atoms with E-state index >= 15 is 0 Å². The summed E-state index contributed by atoms with van der Waals surface area (Å²) in [4.78, 5) is 3.97. The number of ether oxygens (including phenoxy) is 1. The standard InChI is InChI=1S/C12H12F3N3O/c1-8(16)11-6-17-7-18(11)9-2-4-10(5-3-9)19-12(13,14)15/h2-8H,16H2,1H3/t8-/m0/s1. The van der Waals surface area contributed by atoms with Crippen molar-refractivity contribution in [3.05, 3.63) is 42.5 Å². The maximum absolute atomic E-state index is 12.0. The summed E-state index contributed by atoms with van der Waals surface area (Å²) in [6, 6.07) is 5.28. The van der Waals surface area contributed by atoms with Crippen LogP contribution in [0.3, 0.4) is 0 Å². The topological polar surface area (TPSA) is 53.1 Å². The van der Waals surface area contributed by atoms with Gasteiger partial charge in [0.1, 0.15) is 5.75 Å². The fourth-order valence-electron chi connectivity index (χ4n) is 1.67. The van der Waals surface area contributed by atoms with Gasteiger partial charge in [-0.2, -0.15) is 0 Å².